The number of Topliss-reactive ketones (excluding diaryl/α,β-unsaturated/α-hetero) is 1. The Morgan fingerprint density at radius 1 is 1.13 bits per heavy atom. The van der Waals surface area contributed by atoms with Crippen LogP contribution in [0, 0.1) is 5.92 Å². The van der Waals surface area contributed by atoms with E-state index in [0.29, 0.717) is 10.0 Å². The minimum absolute atomic E-state index is 0.0266. The fraction of sp³-hybridized carbons (Fsp3) is 0.348. The van der Waals surface area contributed by atoms with E-state index in [9.17, 15) is 19.5 Å². The molecule has 0 aromatic heterocycles. The lowest BCUT2D eigenvalue weighted by Crippen LogP contribution is -2.31. The van der Waals surface area contributed by atoms with Gasteiger partial charge in [0.2, 0.25) is 0 Å². The van der Waals surface area contributed by atoms with Crippen LogP contribution in [0.4, 0.5) is 0 Å². The first-order valence-electron chi connectivity index (χ1n) is 9.85. The van der Waals surface area contributed by atoms with Crippen molar-refractivity contribution in [2.24, 2.45) is 5.92 Å². The quantitative estimate of drug-likeness (QED) is 0.607. The van der Waals surface area contributed by atoms with Gasteiger partial charge in [0.1, 0.15) is 5.78 Å². The first-order valence-corrected chi connectivity index (χ1v) is 10.6. The molecule has 2 N–H and O–H groups in total. The number of carbonyl (C=O) groups excluding carboxylic acids is 1. The zero-order valence-electron chi connectivity index (χ0n) is 17.0. The summed E-state index contributed by atoms with van der Waals surface area (Å²) in [5, 5.41) is 19.2. The van der Waals surface area contributed by atoms with Crippen molar-refractivity contribution in [3.05, 3.63) is 68.7 Å². The van der Waals surface area contributed by atoms with Gasteiger partial charge in [-0.25, -0.2) is 0 Å². The first kappa shape index (κ1) is 23.3. The van der Waals surface area contributed by atoms with E-state index in [-0.39, 0.29) is 24.5 Å². The lowest BCUT2D eigenvalue weighted by atomic mass is 9.84. The molecule has 0 aliphatic carbocycles. The number of benzene rings is 2. The van der Waals surface area contributed by atoms with E-state index in [4.69, 9.17) is 28.3 Å². The third-order valence-corrected chi connectivity index (χ3v) is 6.05. The fourth-order valence-corrected chi connectivity index (χ4v) is 4.65. The average molecular weight is 464 g/mol. The number of halogens is 2. The molecule has 6 nitrogen and oxygen atoms in total. The Morgan fingerprint density at radius 2 is 1.87 bits per heavy atom. The summed E-state index contributed by atoms with van der Waals surface area (Å²) in [5.74, 6) is -4.02. The maximum Gasteiger partial charge on any atom is 0.307 e. The minimum atomic E-state index is -1.28. The van der Waals surface area contributed by atoms with Crippen LogP contribution in [-0.4, -0.2) is 46.4 Å². The van der Waals surface area contributed by atoms with Crippen LogP contribution < -0.4 is 0 Å². The number of carboxylic acids is 2. The molecule has 1 aliphatic heterocycles. The molecule has 31 heavy (non-hydrogen) atoms. The van der Waals surface area contributed by atoms with Crippen LogP contribution in [0.25, 0.3) is 0 Å². The molecule has 164 valence electrons. The van der Waals surface area contributed by atoms with Crippen LogP contribution in [0.3, 0.4) is 0 Å². The summed E-state index contributed by atoms with van der Waals surface area (Å²) >= 11 is 12.7. The summed E-state index contributed by atoms with van der Waals surface area (Å²) in [5.41, 5.74) is 3.86. The zero-order chi connectivity index (χ0) is 22.7. The number of hydrogen-bond donors (Lipinski definition) is 2. The van der Waals surface area contributed by atoms with Gasteiger partial charge in [-0.2, -0.15) is 0 Å². The van der Waals surface area contributed by atoms with Crippen LogP contribution in [0.1, 0.15) is 41.0 Å². The fourth-order valence-electron chi connectivity index (χ4n) is 4.08. The molecule has 0 fully saturated rings. The maximum atomic E-state index is 12.4. The van der Waals surface area contributed by atoms with Crippen LogP contribution in [0.5, 0.6) is 0 Å². The Bertz CT molecular complexity index is 1020. The van der Waals surface area contributed by atoms with Gasteiger partial charge in [0.25, 0.3) is 0 Å². The third kappa shape index (κ3) is 5.85. The number of aliphatic carboxylic acids is 2. The van der Waals surface area contributed by atoms with Crippen molar-refractivity contribution in [1.82, 2.24) is 4.90 Å². The Hall–Kier alpha value is -2.41. The molecule has 0 spiro atoms. The molecule has 0 saturated heterocycles. The predicted molar refractivity (Wildman–Crippen MR) is 118 cm³/mol. The molecular weight excluding hydrogens is 441 g/mol. The van der Waals surface area contributed by atoms with Gasteiger partial charge in [0.05, 0.1) is 12.3 Å². The summed E-state index contributed by atoms with van der Waals surface area (Å²) in [6.45, 7) is 1.49. The molecule has 0 saturated carbocycles. The molecule has 0 radical (unpaired) electrons. The van der Waals surface area contributed by atoms with Crippen molar-refractivity contribution in [3.63, 3.8) is 0 Å². The highest BCUT2D eigenvalue weighted by atomic mass is 35.5. The number of fused-ring (bicyclic) bond motifs is 1. The van der Waals surface area contributed by atoms with Gasteiger partial charge in [-0.05, 0) is 41.4 Å². The van der Waals surface area contributed by atoms with Crippen molar-refractivity contribution in [2.75, 3.05) is 13.6 Å². The Morgan fingerprint density at radius 3 is 2.55 bits per heavy atom. The number of rotatable bonds is 8. The Kier molecular flexibility index (Phi) is 7.36. The summed E-state index contributed by atoms with van der Waals surface area (Å²) < 4.78 is 0. The van der Waals surface area contributed by atoms with Crippen molar-refractivity contribution in [3.8, 4) is 0 Å². The molecule has 1 heterocycles. The van der Waals surface area contributed by atoms with E-state index < -0.39 is 24.3 Å². The van der Waals surface area contributed by atoms with E-state index in [1.807, 2.05) is 37.4 Å². The lowest BCUT2D eigenvalue weighted by molar-refractivity contribution is -0.149. The molecule has 0 amide bonds. The summed E-state index contributed by atoms with van der Waals surface area (Å²) in [4.78, 5) is 36.7. The third-order valence-electron chi connectivity index (χ3n) is 5.49. The van der Waals surface area contributed by atoms with Crippen molar-refractivity contribution in [2.45, 2.75) is 31.7 Å². The SMILES string of the molecule is CN1Cc2c(Cl)cc(Cl)cc2C(c2cccc(CC(=O)C[C@@H](CC(=O)O)C(=O)O)c2)C1. The highest BCUT2D eigenvalue weighted by Crippen LogP contribution is 2.38. The van der Waals surface area contributed by atoms with E-state index in [0.717, 1.165) is 35.3 Å². The minimum Gasteiger partial charge on any atom is -0.481 e. The monoisotopic (exact) mass is 463 g/mol. The molecule has 2 aromatic carbocycles. The molecule has 1 aliphatic rings. The van der Waals surface area contributed by atoms with Crippen LogP contribution in [-0.2, 0) is 27.3 Å². The predicted octanol–water partition coefficient (Wildman–Crippen LogP) is 4.25. The van der Waals surface area contributed by atoms with Gasteiger partial charge < -0.3 is 15.1 Å². The number of carboxylic acid groups (broad SMARTS) is 2. The molecule has 1 unspecified atom stereocenters. The van der Waals surface area contributed by atoms with E-state index >= 15 is 0 Å². The van der Waals surface area contributed by atoms with Crippen LogP contribution >= 0.6 is 23.2 Å². The standard InChI is InChI=1S/C23H23Cl2NO5/c1-26-11-19(18-9-16(24)10-21(25)20(18)12-26)14-4-2-3-13(5-14)6-17(27)7-15(23(30)31)8-22(28)29/h2-5,9-10,15,19H,6-8,11-12H2,1H3,(H,28,29)(H,30,31)/t15-,19?/m0/s1. The molecule has 2 atom stereocenters. The zero-order valence-corrected chi connectivity index (χ0v) is 18.5. The van der Waals surface area contributed by atoms with Gasteiger partial charge in [0.15, 0.2) is 0 Å². The summed E-state index contributed by atoms with van der Waals surface area (Å²) in [6.07, 6.45) is -0.844. The highest BCUT2D eigenvalue weighted by molar-refractivity contribution is 6.35. The van der Waals surface area contributed by atoms with Crippen LogP contribution in [0.15, 0.2) is 36.4 Å². The number of hydrogen-bond acceptors (Lipinski definition) is 4. The van der Waals surface area contributed by atoms with Gasteiger partial charge in [-0.3, -0.25) is 14.4 Å². The number of likely N-dealkylation sites (N-methyl/N-ethyl adjacent to an activating group) is 1. The maximum absolute atomic E-state index is 12.4. The number of nitrogens with zero attached hydrogens (tertiary/aromatic N) is 1. The van der Waals surface area contributed by atoms with Gasteiger partial charge in [-0.15, -0.1) is 0 Å². The highest BCUT2D eigenvalue weighted by Gasteiger charge is 2.28. The van der Waals surface area contributed by atoms with E-state index in [2.05, 4.69) is 4.90 Å². The van der Waals surface area contributed by atoms with Crippen molar-refractivity contribution >= 4 is 40.9 Å². The molecule has 0 bridgehead atoms. The summed E-state index contributed by atoms with van der Waals surface area (Å²) in [7, 11) is 2.02. The van der Waals surface area contributed by atoms with Gasteiger partial charge >= 0.3 is 11.9 Å². The van der Waals surface area contributed by atoms with E-state index in [1.165, 1.54) is 0 Å². The van der Waals surface area contributed by atoms with Crippen molar-refractivity contribution < 1.29 is 24.6 Å². The second-order valence-corrected chi connectivity index (χ2v) is 8.85. The molecular formula is C23H23Cl2NO5. The van der Waals surface area contributed by atoms with Gasteiger partial charge in [0, 0.05) is 41.9 Å². The number of ketones is 1. The largest absolute Gasteiger partial charge is 0.481 e. The second-order valence-electron chi connectivity index (χ2n) is 8.00. The second kappa shape index (κ2) is 9.81. The van der Waals surface area contributed by atoms with Crippen molar-refractivity contribution in [1.29, 1.82) is 0 Å². The molecule has 2 aromatic rings. The Balaban J connectivity index is 1.82. The normalized spacial score (nSPS) is 17.1. The van der Waals surface area contributed by atoms with Crippen LogP contribution in [0.2, 0.25) is 10.0 Å². The Labute approximate surface area is 190 Å². The topological polar surface area (TPSA) is 94.9 Å². The van der Waals surface area contributed by atoms with E-state index in [1.54, 1.807) is 6.07 Å². The lowest BCUT2D eigenvalue weighted by Gasteiger charge is -2.33. The summed E-state index contributed by atoms with van der Waals surface area (Å²) in [6, 6.07) is 11.3. The number of carbonyl (C=O) groups is 3. The average Bonchev–Trinajstić information content (AvgIpc) is 2.67. The smallest absolute Gasteiger partial charge is 0.307 e. The van der Waals surface area contributed by atoms with Gasteiger partial charge in [-0.1, -0.05) is 47.5 Å². The first-order chi connectivity index (χ1) is 14.6. The molecule has 8 heteroatoms. The molecule has 3 rings (SSSR count).